The first-order valence-corrected chi connectivity index (χ1v) is 12.5. The lowest BCUT2D eigenvalue weighted by Crippen LogP contribution is -2.06. The average molecular weight is 465 g/mol. The number of hydrogen-bond acceptors (Lipinski definition) is 1. The maximum Gasteiger partial charge on any atom is 0.145 e. The van der Waals surface area contributed by atoms with Crippen molar-refractivity contribution in [3.05, 3.63) is 133 Å². The first kappa shape index (κ1) is 22.1. The van der Waals surface area contributed by atoms with Crippen LogP contribution in [-0.2, 0) is 0 Å². The molecule has 174 valence electrons. The van der Waals surface area contributed by atoms with Gasteiger partial charge in [-0.15, -0.1) is 0 Å². The smallest absolute Gasteiger partial charge is 0.145 e. The largest absolute Gasteiger partial charge is 0.291 e. The van der Waals surface area contributed by atoms with E-state index in [1.54, 1.807) is 0 Å². The third-order valence-corrected chi connectivity index (χ3v) is 6.77. The van der Waals surface area contributed by atoms with Crippen LogP contribution in [0.2, 0.25) is 0 Å². The Bertz CT molecular complexity index is 1630. The highest BCUT2D eigenvalue weighted by Crippen LogP contribution is 2.41. The van der Waals surface area contributed by atoms with Crippen LogP contribution in [0.5, 0.6) is 0 Å². The van der Waals surface area contributed by atoms with Gasteiger partial charge in [0.2, 0.25) is 0 Å². The summed E-state index contributed by atoms with van der Waals surface area (Å²) in [6.07, 6.45) is 0. The van der Waals surface area contributed by atoms with Crippen LogP contribution in [0.1, 0.15) is 25.3 Å². The molecule has 0 N–H and O–H groups in total. The molecule has 1 aromatic heterocycles. The summed E-state index contributed by atoms with van der Waals surface area (Å²) in [7, 11) is 0. The fourth-order valence-electron chi connectivity index (χ4n) is 5.01. The van der Waals surface area contributed by atoms with Gasteiger partial charge >= 0.3 is 0 Å². The van der Waals surface area contributed by atoms with Gasteiger partial charge in [-0.3, -0.25) is 4.57 Å². The van der Waals surface area contributed by atoms with E-state index >= 15 is 0 Å². The Labute approximate surface area is 212 Å². The second-order valence-corrected chi connectivity index (χ2v) is 9.47. The molecule has 36 heavy (non-hydrogen) atoms. The molecule has 0 aliphatic carbocycles. The molecule has 0 aliphatic heterocycles. The molecule has 0 aliphatic rings. The Morgan fingerprint density at radius 2 is 1.11 bits per heavy atom. The fraction of sp³-hybridized carbons (Fsp3) is 0.0882. The lowest BCUT2D eigenvalue weighted by Gasteiger charge is -2.23. The molecule has 0 amide bonds. The van der Waals surface area contributed by atoms with Crippen LogP contribution in [0.4, 0.5) is 0 Å². The third-order valence-electron chi connectivity index (χ3n) is 6.77. The SMILES string of the molecule is CC(C)c1cc(-c2ccccc2)cc(-c2ccccc2)c1-n1c(-c2ccccc2)nc2ccccc21. The van der Waals surface area contributed by atoms with Gasteiger partial charge in [0.15, 0.2) is 0 Å². The Morgan fingerprint density at radius 1 is 0.556 bits per heavy atom. The molecule has 2 nitrogen and oxygen atoms in total. The van der Waals surface area contributed by atoms with Gasteiger partial charge in [0.1, 0.15) is 5.82 Å². The van der Waals surface area contributed by atoms with Crippen molar-refractivity contribution in [1.29, 1.82) is 0 Å². The van der Waals surface area contributed by atoms with E-state index in [-0.39, 0.29) is 0 Å². The van der Waals surface area contributed by atoms with E-state index in [1.165, 1.54) is 33.5 Å². The van der Waals surface area contributed by atoms with Crippen molar-refractivity contribution < 1.29 is 0 Å². The van der Waals surface area contributed by atoms with Gasteiger partial charge in [-0.2, -0.15) is 0 Å². The van der Waals surface area contributed by atoms with Crippen molar-refractivity contribution in [3.63, 3.8) is 0 Å². The van der Waals surface area contributed by atoms with Gasteiger partial charge in [0.25, 0.3) is 0 Å². The number of nitrogens with zero attached hydrogens (tertiary/aromatic N) is 2. The van der Waals surface area contributed by atoms with E-state index in [1.807, 2.05) is 0 Å². The summed E-state index contributed by atoms with van der Waals surface area (Å²) in [6.45, 7) is 4.56. The summed E-state index contributed by atoms with van der Waals surface area (Å²) in [5.74, 6) is 1.28. The number of rotatable bonds is 5. The summed E-state index contributed by atoms with van der Waals surface area (Å²) < 4.78 is 2.37. The van der Waals surface area contributed by atoms with E-state index < -0.39 is 0 Å². The average Bonchev–Trinajstić information content (AvgIpc) is 3.33. The Balaban J connectivity index is 1.75. The molecule has 0 saturated carbocycles. The van der Waals surface area contributed by atoms with Gasteiger partial charge in [0, 0.05) is 11.1 Å². The summed E-state index contributed by atoms with van der Waals surface area (Å²) in [6, 6.07) is 45.1. The minimum Gasteiger partial charge on any atom is -0.291 e. The van der Waals surface area contributed by atoms with Crippen LogP contribution in [-0.4, -0.2) is 9.55 Å². The first-order valence-electron chi connectivity index (χ1n) is 12.5. The van der Waals surface area contributed by atoms with Crippen LogP contribution in [0.25, 0.3) is 50.4 Å². The van der Waals surface area contributed by atoms with E-state index in [2.05, 4.69) is 146 Å². The molecule has 0 saturated heterocycles. The Hall–Kier alpha value is -4.43. The zero-order valence-corrected chi connectivity index (χ0v) is 20.6. The maximum absolute atomic E-state index is 5.14. The fourth-order valence-corrected chi connectivity index (χ4v) is 5.01. The molecular weight excluding hydrogens is 436 g/mol. The molecular formula is C34H28N2. The van der Waals surface area contributed by atoms with Crippen molar-refractivity contribution in [1.82, 2.24) is 9.55 Å². The summed E-state index contributed by atoms with van der Waals surface area (Å²) in [5.41, 5.74) is 10.6. The monoisotopic (exact) mass is 464 g/mol. The predicted octanol–water partition coefficient (Wildman–Crippen LogP) is 9.15. The summed E-state index contributed by atoms with van der Waals surface area (Å²) in [5, 5.41) is 0. The molecule has 0 spiro atoms. The number of imidazole rings is 1. The molecule has 1 heterocycles. The Kier molecular flexibility index (Phi) is 5.71. The third kappa shape index (κ3) is 3.91. The number of fused-ring (bicyclic) bond motifs is 1. The quantitative estimate of drug-likeness (QED) is 0.249. The van der Waals surface area contributed by atoms with E-state index in [0.717, 1.165) is 22.4 Å². The van der Waals surface area contributed by atoms with Crippen LogP contribution >= 0.6 is 0 Å². The number of para-hydroxylation sites is 2. The van der Waals surface area contributed by atoms with Gasteiger partial charge < -0.3 is 0 Å². The predicted molar refractivity (Wildman–Crippen MR) is 151 cm³/mol. The van der Waals surface area contributed by atoms with Crippen LogP contribution in [0.15, 0.2) is 127 Å². The van der Waals surface area contributed by atoms with Gasteiger partial charge in [0.05, 0.1) is 16.7 Å². The molecule has 6 rings (SSSR count). The summed E-state index contributed by atoms with van der Waals surface area (Å²) in [4.78, 5) is 5.14. The molecule has 0 radical (unpaired) electrons. The maximum atomic E-state index is 5.14. The zero-order chi connectivity index (χ0) is 24.5. The van der Waals surface area contributed by atoms with E-state index in [9.17, 15) is 0 Å². The number of aromatic nitrogens is 2. The number of benzene rings is 5. The highest BCUT2D eigenvalue weighted by molar-refractivity contribution is 5.89. The van der Waals surface area contributed by atoms with Crippen molar-refractivity contribution in [2.24, 2.45) is 0 Å². The zero-order valence-electron chi connectivity index (χ0n) is 20.6. The summed E-state index contributed by atoms with van der Waals surface area (Å²) >= 11 is 0. The van der Waals surface area contributed by atoms with Crippen LogP contribution in [0.3, 0.4) is 0 Å². The minimum atomic E-state index is 0.316. The first-order chi connectivity index (χ1) is 17.7. The van der Waals surface area contributed by atoms with Crippen LogP contribution < -0.4 is 0 Å². The Morgan fingerprint density at radius 3 is 1.75 bits per heavy atom. The molecule has 0 fully saturated rings. The van der Waals surface area contributed by atoms with E-state index in [0.29, 0.717) is 5.92 Å². The standard InChI is InChI=1S/C34H28N2/c1-24(2)29-22-28(25-14-6-3-7-15-25)23-30(26-16-8-4-9-17-26)33(29)36-32-21-13-12-20-31(32)35-34(36)27-18-10-5-11-19-27/h3-24H,1-2H3. The molecule has 2 heteroatoms. The topological polar surface area (TPSA) is 17.8 Å². The van der Waals surface area contributed by atoms with E-state index in [4.69, 9.17) is 4.98 Å². The highest BCUT2D eigenvalue weighted by Gasteiger charge is 2.22. The molecule has 5 aromatic carbocycles. The second kappa shape index (κ2) is 9.31. The second-order valence-electron chi connectivity index (χ2n) is 9.47. The van der Waals surface area contributed by atoms with Crippen LogP contribution in [0, 0.1) is 0 Å². The lowest BCUT2D eigenvalue weighted by atomic mass is 9.89. The van der Waals surface area contributed by atoms with Crippen molar-refractivity contribution >= 4 is 11.0 Å². The number of hydrogen-bond donors (Lipinski definition) is 0. The van der Waals surface area contributed by atoms with Gasteiger partial charge in [-0.25, -0.2) is 4.98 Å². The lowest BCUT2D eigenvalue weighted by molar-refractivity contribution is 0.852. The molecule has 0 unspecified atom stereocenters. The normalized spacial score (nSPS) is 11.3. The van der Waals surface area contributed by atoms with Crippen molar-refractivity contribution in [2.45, 2.75) is 19.8 Å². The van der Waals surface area contributed by atoms with Crippen molar-refractivity contribution in [3.8, 4) is 39.3 Å². The molecule has 0 bridgehead atoms. The minimum absolute atomic E-state index is 0.316. The molecule has 0 atom stereocenters. The van der Waals surface area contributed by atoms with Gasteiger partial charge in [-0.05, 0) is 52.4 Å². The van der Waals surface area contributed by atoms with Gasteiger partial charge in [-0.1, -0.05) is 117 Å². The molecule has 6 aromatic rings. The van der Waals surface area contributed by atoms with Crippen molar-refractivity contribution in [2.75, 3.05) is 0 Å². The highest BCUT2D eigenvalue weighted by atomic mass is 15.1.